The average molecular weight is 316 g/mol. The second-order valence-electron chi connectivity index (χ2n) is 6.42. The molecule has 2 fully saturated rings. The van der Waals surface area contributed by atoms with Gasteiger partial charge in [0.25, 0.3) is 5.91 Å². The highest BCUT2D eigenvalue weighted by Gasteiger charge is 2.35. The molecule has 1 aliphatic carbocycles. The molecule has 2 aromatic heterocycles. The lowest BCUT2D eigenvalue weighted by molar-refractivity contribution is 0.0786. The monoisotopic (exact) mass is 316 g/mol. The zero-order chi connectivity index (χ0) is 16.0. The van der Waals surface area contributed by atoms with Gasteiger partial charge in [-0.2, -0.15) is 4.98 Å². The summed E-state index contributed by atoms with van der Waals surface area (Å²) in [6, 6.07) is 0. The first kappa shape index (κ1) is 14.4. The molecule has 1 unspecified atom stereocenters. The zero-order valence-electron chi connectivity index (χ0n) is 13.4. The number of hydrogen-bond acceptors (Lipinski definition) is 6. The van der Waals surface area contributed by atoms with E-state index < -0.39 is 0 Å². The van der Waals surface area contributed by atoms with Crippen molar-refractivity contribution in [3.8, 4) is 0 Å². The molecule has 3 heterocycles. The van der Waals surface area contributed by atoms with Crippen LogP contribution in [0, 0.1) is 6.92 Å². The lowest BCUT2D eigenvalue weighted by Crippen LogP contribution is -2.29. The normalized spacial score (nSPS) is 21.1. The summed E-state index contributed by atoms with van der Waals surface area (Å²) in [5.74, 6) is 2.75. The number of aromatic nitrogens is 3. The Balaban J connectivity index is 1.48. The molecule has 7 nitrogen and oxygen atoms in total. The number of aryl methyl sites for hydroxylation is 2. The summed E-state index contributed by atoms with van der Waals surface area (Å²) in [4.78, 5) is 19.1. The van der Waals surface area contributed by atoms with Gasteiger partial charge in [0.05, 0.1) is 11.6 Å². The summed E-state index contributed by atoms with van der Waals surface area (Å²) >= 11 is 0. The number of carbonyl (C=O) groups excluding carboxylic acids is 1. The first-order valence-electron chi connectivity index (χ1n) is 8.25. The number of likely N-dealkylation sites (tertiary alicyclic amines) is 1. The minimum absolute atomic E-state index is 0.00923. The molecular weight excluding hydrogens is 296 g/mol. The highest BCUT2D eigenvalue weighted by Crippen LogP contribution is 2.39. The van der Waals surface area contributed by atoms with Crippen molar-refractivity contribution in [2.45, 2.75) is 51.4 Å². The third kappa shape index (κ3) is 2.54. The first-order valence-corrected chi connectivity index (χ1v) is 8.25. The van der Waals surface area contributed by atoms with Gasteiger partial charge in [-0.3, -0.25) is 4.79 Å². The van der Waals surface area contributed by atoms with Crippen molar-refractivity contribution >= 4 is 5.91 Å². The van der Waals surface area contributed by atoms with Crippen LogP contribution in [0.15, 0.2) is 9.05 Å². The molecular formula is C16H20N4O3. The van der Waals surface area contributed by atoms with Crippen molar-refractivity contribution in [1.29, 1.82) is 0 Å². The average Bonchev–Trinajstić information content (AvgIpc) is 3.00. The molecule has 23 heavy (non-hydrogen) atoms. The van der Waals surface area contributed by atoms with Gasteiger partial charge in [0, 0.05) is 25.4 Å². The number of amides is 1. The van der Waals surface area contributed by atoms with E-state index in [-0.39, 0.29) is 11.8 Å². The molecule has 2 aromatic rings. The minimum Gasteiger partial charge on any atom is -0.360 e. The summed E-state index contributed by atoms with van der Waals surface area (Å²) in [5, 5.41) is 7.99. The van der Waals surface area contributed by atoms with Crippen LogP contribution in [-0.4, -0.2) is 39.2 Å². The second-order valence-corrected chi connectivity index (χ2v) is 6.42. The minimum atomic E-state index is -0.00923. The van der Waals surface area contributed by atoms with Crippen LogP contribution in [0.1, 0.15) is 71.5 Å². The van der Waals surface area contributed by atoms with Gasteiger partial charge in [-0.05, 0) is 26.2 Å². The lowest BCUT2D eigenvalue weighted by Gasteiger charge is -2.15. The van der Waals surface area contributed by atoms with Crippen LogP contribution in [0.2, 0.25) is 0 Å². The fourth-order valence-corrected chi connectivity index (χ4v) is 3.16. The van der Waals surface area contributed by atoms with E-state index in [2.05, 4.69) is 15.3 Å². The van der Waals surface area contributed by atoms with Gasteiger partial charge in [0.15, 0.2) is 5.82 Å². The Morgan fingerprint density at radius 1 is 1.22 bits per heavy atom. The SMILES string of the molecule is CCc1onc(C)c1C(=O)N1CCC(c2nc(C3CC3)no2)C1. The molecule has 0 bridgehead atoms. The fraction of sp³-hybridized carbons (Fsp3) is 0.625. The Bertz CT molecular complexity index is 732. The smallest absolute Gasteiger partial charge is 0.259 e. The molecule has 122 valence electrons. The van der Waals surface area contributed by atoms with Crippen molar-refractivity contribution in [3.05, 3.63) is 28.7 Å². The molecule has 0 radical (unpaired) electrons. The van der Waals surface area contributed by atoms with Gasteiger partial charge in [-0.1, -0.05) is 17.2 Å². The molecule has 0 N–H and O–H groups in total. The molecule has 0 spiro atoms. The summed E-state index contributed by atoms with van der Waals surface area (Å²) in [6.45, 7) is 5.07. The third-order valence-electron chi connectivity index (χ3n) is 4.69. The summed E-state index contributed by atoms with van der Waals surface area (Å²) in [6.07, 6.45) is 3.82. The topological polar surface area (TPSA) is 85.3 Å². The van der Waals surface area contributed by atoms with E-state index in [1.54, 1.807) is 0 Å². The van der Waals surface area contributed by atoms with Gasteiger partial charge in [0.2, 0.25) is 5.89 Å². The van der Waals surface area contributed by atoms with Crippen LogP contribution in [0.5, 0.6) is 0 Å². The van der Waals surface area contributed by atoms with E-state index >= 15 is 0 Å². The lowest BCUT2D eigenvalue weighted by atomic mass is 10.1. The van der Waals surface area contributed by atoms with Gasteiger partial charge >= 0.3 is 0 Å². The number of nitrogens with zero attached hydrogens (tertiary/aromatic N) is 4. The Hall–Kier alpha value is -2.18. The number of rotatable bonds is 4. The Labute approximate surface area is 134 Å². The standard InChI is InChI=1S/C16H20N4O3/c1-3-12-13(9(2)18-22-12)16(21)20-7-6-11(8-20)15-17-14(19-23-15)10-4-5-10/h10-11H,3-8H2,1-2H3. The molecule has 4 rings (SSSR count). The summed E-state index contributed by atoms with van der Waals surface area (Å²) in [7, 11) is 0. The van der Waals surface area contributed by atoms with Crippen molar-refractivity contribution in [1.82, 2.24) is 20.2 Å². The highest BCUT2D eigenvalue weighted by molar-refractivity contribution is 5.96. The van der Waals surface area contributed by atoms with Gasteiger partial charge in [0.1, 0.15) is 11.3 Å². The van der Waals surface area contributed by atoms with Crippen LogP contribution in [0.3, 0.4) is 0 Å². The fourth-order valence-electron chi connectivity index (χ4n) is 3.16. The van der Waals surface area contributed by atoms with Gasteiger partial charge in [-0.25, -0.2) is 0 Å². The molecule has 1 saturated carbocycles. The maximum absolute atomic E-state index is 12.8. The summed E-state index contributed by atoms with van der Waals surface area (Å²) < 4.78 is 10.6. The highest BCUT2D eigenvalue weighted by atomic mass is 16.5. The molecule has 1 saturated heterocycles. The van der Waals surface area contributed by atoms with E-state index in [1.165, 1.54) is 0 Å². The Morgan fingerprint density at radius 2 is 2.04 bits per heavy atom. The summed E-state index contributed by atoms with van der Waals surface area (Å²) in [5.41, 5.74) is 1.27. The van der Waals surface area contributed by atoms with Crippen LogP contribution < -0.4 is 0 Å². The molecule has 1 aliphatic heterocycles. The van der Waals surface area contributed by atoms with Crippen LogP contribution in [-0.2, 0) is 6.42 Å². The third-order valence-corrected chi connectivity index (χ3v) is 4.69. The van der Waals surface area contributed by atoms with E-state index in [1.807, 2.05) is 18.7 Å². The van der Waals surface area contributed by atoms with E-state index in [9.17, 15) is 4.79 Å². The molecule has 1 atom stereocenters. The maximum Gasteiger partial charge on any atom is 0.259 e. The molecule has 2 aliphatic rings. The van der Waals surface area contributed by atoms with Crippen molar-refractivity contribution < 1.29 is 13.8 Å². The molecule has 1 amide bonds. The van der Waals surface area contributed by atoms with E-state index in [0.717, 1.165) is 25.1 Å². The number of hydrogen-bond donors (Lipinski definition) is 0. The van der Waals surface area contributed by atoms with Crippen molar-refractivity contribution in [2.24, 2.45) is 0 Å². The van der Waals surface area contributed by atoms with Crippen molar-refractivity contribution in [2.75, 3.05) is 13.1 Å². The Kier molecular flexibility index (Phi) is 3.43. The number of carbonyl (C=O) groups is 1. The first-order chi connectivity index (χ1) is 11.2. The van der Waals surface area contributed by atoms with Crippen LogP contribution in [0.4, 0.5) is 0 Å². The quantitative estimate of drug-likeness (QED) is 0.861. The largest absolute Gasteiger partial charge is 0.360 e. The predicted octanol–water partition coefficient (Wildman–Crippen LogP) is 2.44. The second kappa shape index (κ2) is 5.47. The maximum atomic E-state index is 12.8. The van der Waals surface area contributed by atoms with Crippen LogP contribution in [0.25, 0.3) is 0 Å². The van der Waals surface area contributed by atoms with E-state index in [0.29, 0.717) is 48.3 Å². The van der Waals surface area contributed by atoms with Crippen LogP contribution >= 0.6 is 0 Å². The van der Waals surface area contributed by atoms with E-state index in [4.69, 9.17) is 9.05 Å². The Morgan fingerprint density at radius 3 is 2.78 bits per heavy atom. The zero-order valence-corrected chi connectivity index (χ0v) is 13.4. The predicted molar refractivity (Wildman–Crippen MR) is 80.2 cm³/mol. The molecule has 0 aromatic carbocycles. The van der Waals surface area contributed by atoms with Gasteiger partial charge < -0.3 is 13.9 Å². The van der Waals surface area contributed by atoms with Gasteiger partial charge in [-0.15, -0.1) is 0 Å². The van der Waals surface area contributed by atoms with Crippen molar-refractivity contribution in [3.63, 3.8) is 0 Å². The molecule has 7 heteroatoms.